The van der Waals surface area contributed by atoms with E-state index in [1.54, 1.807) is 0 Å². The molecular formula is C9H15N3O. The Kier molecular flexibility index (Phi) is 2.22. The molecule has 0 bridgehead atoms. The number of anilines is 1. The predicted octanol–water partition coefficient (Wildman–Crippen LogP) is 0.239. The number of hydrogen-bond donors (Lipinski definition) is 1. The third kappa shape index (κ3) is 1.67. The summed E-state index contributed by atoms with van der Waals surface area (Å²) in [6, 6.07) is 0. The minimum absolute atomic E-state index is 0.302. The number of aryl methyl sites for hydroxylation is 1. The lowest BCUT2D eigenvalue weighted by molar-refractivity contribution is 0.238. The average molecular weight is 181 g/mol. The zero-order valence-corrected chi connectivity index (χ0v) is 7.85. The van der Waals surface area contributed by atoms with Gasteiger partial charge >= 0.3 is 0 Å². The molecule has 1 atom stereocenters. The van der Waals surface area contributed by atoms with Crippen molar-refractivity contribution in [1.29, 1.82) is 0 Å². The van der Waals surface area contributed by atoms with Crippen molar-refractivity contribution in [1.82, 2.24) is 9.78 Å². The molecule has 1 aliphatic rings. The maximum absolute atomic E-state index is 8.99. The SMILES string of the molecule is Cn1cc(N2CC[C@@H](CO)C2)cn1. The van der Waals surface area contributed by atoms with Crippen molar-refractivity contribution in [2.45, 2.75) is 6.42 Å². The number of aromatic nitrogens is 2. The van der Waals surface area contributed by atoms with Crippen molar-refractivity contribution in [3.05, 3.63) is 12.4 Å². The van der Waals surface area contributed by atoms with Crippen LogP contribution >= 0.6 is 0 Å². The first-order chi connectivity index (χ1) is 6.29. The van der Waals surface area contributed by atoms with Gasteiger partial charge in [0, 0.05) is 38.9 Å². The van der Waals surface area contributed by atoms with E-state index in [1.165, 1.54) is 5.69 Å². The largest absolute Gasteiger partial charge is 0.396 e. The first kappa shape index (κ1) is 8.56. The van der Waals surface area contributed by atoms with Crippen LogP contribution in [0, 0.1) is 5.92 Å². The van der Waals surface area contributed by atoms with Gasteiger partial charge in [0.25, 0.3) is 0 Å². The van der Waals surface area contributed by atoms with Gasteiger partial charge in [-0.05, 0) is 6.42 Å². The van der Waals surface area contributed by atoms with Gasteiger partial charge in [-0.2, -0.15) is 5.10 Å². The lowest BCUT2D eigenvalue weighted by Gasteiger charge is -2.15. The first-order valence-electron chi connectivity index (χ1n) is 4.64. The summed E-state index contributed by atoms with van der Waals surface area (Å²) in [5.41, 5.74) is 1.17. The second-order valence-electron chi connectivity index (χ2n) is 3.66. The van der Waals surface area contributed by atoms with Crippen LogP contribution in [-0.2, 0) is 7.05 Å². The Morgan fingerprint density at radius 2 is 2.54 bits per heavy atom. The summed E-state index contributed by atoms with van der Waals surface area (Å²) in [6.45, 7) is 2.30. The fourth-order valence-electron chi connectivity index (χ4n) is 1.79. The average Bonchev–Trinajstić information content (AvgIpc) is 2.71. The van der Waals surface area contributed by atoms with E-state index in [0.717, 1.165) is 19.5 Å². The molecule has 0 aromatic carbocycles. The van der Waals surface area contributed by atoms with E-state index in [0.29, 0.717) is 12.5 Å². The highest BCUT2D eigenvalue weighted by Crippen LogP contribution is 2.22. The normalized spacial score (nSPS) is 22.6. The van der Waals surface area contributed by atoms with Crippen molar-refractivity contribution in [2.75, 3.05) is 24.6 Å². The number of nitrogens with zero attached hydrogens (tertiary/aromatic N) is 3. The smallest absolute Gasteiger partial charge is 0.0752 e. The molecule has 0 spiro atoms. The van der Waals surface area contributed by atoms with Crippen LogP contribution in [0.2, 0.25) is 0 Å². The Bertz CT molecular complexity index is 284. The molecule has 1 aromatic heterocycles. The lowest BCUT2D eigenvalue weighted by Crippen LogP contribution is -2.19. The summed E-state index contributed by atoms with van der Waals surface area (Å²) in [5.74, 6) is 0.445. The molecule has 1 N–H and O–H groups in total. The Hall–Kier alpha value is -1.03. The van der Waals surface area contributed by atoms with Gasteiger partial charge in [0.15, 0.2) is 0 Å². The minimum atomic E-state index is 0.302. The van der Waals surface area contributed by atoms with Crippen LogP contribution in [0.25, 0.3) is 0 Å². The summed E-state index contributed by atoms with van der Waals surface area (Å²) in [5, 5.41) is 13.1. The van der Waals surface area contributed by atoms with Gasteiger partial charge in [-0.1, -0.05) is 0 Å². The molecule has 1 fully saturated rings. The van der Waals surface area contributed by atoms with E-state index in [1.807, 2.05) is 24.1 Å². The molecule has 72 valence electrons. The molecule has 4 heteroatoms. The van der Waals surface area contributed by atoms with E-state index < -0.39 is 0 Å². The van der Waals surface area contributed by atoms with Gasteiger partial charge in [0.1, 0.15) is 0 Å². The molecule has 0 saturated carbocycles. The van der Waals surface area contributed by atoms with Crippen LogP contribution in [0.3, 0.4) is 0 Å². The molecule has 0 aliphatic carbocycles. The quantitative estimate of drug-likeness (QED) is 0.710. The number of hydrogen-bond acceptors (Lipinski definition) is 3. The van der Waals surface area contributed by atoms with Crippen LogP contribution < -0.4 is 4.90 Å². The van der Waals surface area contributed by atoms with Crippen LogP contribution in [0.15, 0.2) is 12.4 Å². The van der Waals surface area contributed by atoms with Crippen molar-refractivity contribution in [2.24, 2.45) is 13.0 Å². The molecule has 1 saturated heterocycles. The summed E-state index contributed by atoms with van der Waals surface area (Å²) < 4.78 is 1.81. The molecule has 0 radical (unpaired) electrons. The van der Waals surface area contributed by atoms with Crippen LogP contribution in [0.1, 0.15) is 6.42 Å². The second kappa shape index (κ2) is 3.38. The van der Waals surface area contributed by atoms with E-state index >= 15 is 0 Å². The van der Waals surface area contributed by atoms with Crippen molar-refractivity contribution >= 4 is 5.69 Å². The monoisotopic (exact) mass is 181 g/mol. The summed E-state index contributed by atoms with van der Waals surface area (Å²) in [6.07, 6.45) is 4.98. The standard InChI is InChI=1S/C9H15N3O/c1-11-6-9(4-10-11)12-3-2-8(5-12)7-13/h4,6,8,13H,2-3,5,7H2,1H3/t8-/m1/s1. The molecule has 0 unspecified atom stereocenters. The number of aliphatic hydroxyl groups excluding tert-OH is 1. The Morgan fingerprint density at radius 1 is 1.69 bits per heavy atom. The fraction of sp³-hybridized carbons (Fsp3) is 0.667. The Labute approximate surface area is 77.8 Å². The van der Waals surface area contributed by atoms with Crippen LogP contribution in [0.5, 0.6) is 0 Å². The van der Waals surface area contributed by atoms with E-state index in [-0.39, 0.29) is 0 Å². The fourth-order valence-corrected chi connectivity index (χ4v) is 1.79. The van der Waals surface area contributed by atoms with Crippen LogP contribution in [0.4, 0.5) is 5.69 Å². The second-order valence-corrected chi connectivity index (χ2v) is 3.66. The third-order valence-corrected chi connectivity index (χ3v) is 2.60. The highest BCUT2D eigenvalue weighted by atomic mass is 16.3. The Morgan fingerprint density at radius 3 is 3.08 bits per heavy atom. The maximum Gasteiger partial charge on any atom is 0.0752 e. The van der Waals surface area contributed by atoms with Gasteiger partial charge < -0.3 is 10.0 Å². The van der Waals surface area contributed by atoms with Crippen molar-refractivity contribution < 1.29 is 5.11 Å². The molecule has 1 aliphatic heterocycles. The predicted molar refractivity (Wildman–Crippen MR) is 50.6 cm³/mol. The minimum Gasteiger partial charge on any atom is -0.396 e. The highest BCUT2D eigenvalue weighted by molar-refractivity contribution is 5.43. The van der Waals surface area contributed by atoms with Gasteiger partial charge in [0.05, 0.1) is 11.9 Å². The third-order valence-electron chi connectivity index (χ3n) is 2.60. The number of aliphatic hydroxyl groups is 1. The van der Waals surface area contributed by atoms with Gasteiger partial charge in [-0.15, -0.1) is 0 Å². The number of rotatable bonds is 2. The zero-order valence-electron chi connectivity index (χ0n) is 7.85. The van der Waals surface area contributed by atoms with Crippen molar-refractivity contribution in [3.8, 4) is 0 Å². The summed E-state index contributed by atoms with van der Waals surface area (Å²) >= 11 is 0. The topological polar surface area (TPSA) is 41.3 Å². The lowest BCUT2D eigenvalue weighted by atomic mass is 10.1. The Balaban J connectivity index is 2.03. The molecule has 13 heavy (non-hydrogen) atoms. The van der Waals surface area contributed by atoms with Gasteiger partial charge in [-0.25, -0.2) is 0 Å². The van der Waals surface area contributed by atoms with Gasteiger partial charge in [-0.3, -0.25) is 4.68 Å². The van der Waals surface area contributed by atoms with E-state index in [9.17, 15) is 0 Å². The molecule has 0 amide bonds. The first-order valence-corrected chi connectivity index (χ1v) is 4.64. The van der Waals surface area contributed by atoms with Crippen molar-refractivity contribution in [3.63, 3.8) is 0 Å². The highest BCUT2D eigenvalue weighted by Gasteiger charge is 2.22. The molecule has 4 nitrogen and oxygen atoms in total. The molecule has 1 aromatic rings. The summed E-state index contributed by atoms with van der Waals surface area (Å²) in [7, 11) is 1.92. The van der Waals surface area contributed by atoms with E-state index in [2.05, 4.69) is 10.00 Å². The maximum atomic E-state index is 8.99. The van der Waals surface area contributed by atoms with Crippen LogP contribution in [-0.4, -0.2) is 34.6 Å². The van der Waals surface area contributed by atoms with E-state index in [4.69, 9.17) is 5.11 Å². The molecule has 2 rings (SSSR count). The summed E-state index contributed by atoms with van der Waals surface area (Å²) in [4.78, 5) is 2.27. The molecule has 2 heterocycles. The zero-order chi connectivity index (χ0) is 9.26. The van der Waals surface area contributed by atoms with Gasteiger partial charge in [0.2, 0.25) is 0 Å². The molecular weight excluding hydrogens is 166 g/mol.